The molecule has 0 saturated carbocycles. The predicted molar refractivity (Wildman–Crippen MR) is 61.7 cm³/mol. The molecule has 0 heterocycles. The number of nitrogens with zero attached hydrogens (tertiary/aromatic N) is 1. The second-order valence-electron chi connectivity index (χ2n) is 3.61. The van der Waals surface area contributed by atoms with E-state index in [1.807, 2.05) is 0 Å². The third-order valence-electron chi connectivity index (χ3n) is 2.28. The number of benzene rings is 1. The van der Waals surface area contributed by atoms with Crippen molar-refractivity contribution in [3.05, 3.63) is 39.7 Å². The quantitative estimate of drug-likeness (QED) is 0.455. The van der Waals surface area contributed by atoms with Gasteiger partial charge in [-0.05, 0) is 18.9 Å². The highest BCUT2D eigenvalue weighted by molar-refractivity contribution is 5.94. The van der Waals surface area contributed by atoms with E-state index in [0.717, 1.165) is 12.1 Å². The molecule has 0 unspecified atom stereocenters. The van der Waals surface area contributed by atoms with Crippen molar-refractivity contribution in [2.75, 3.05) is 13.2 Å². The van der Waals surface area contributed by atoms with Crippen molar-refractivity contribution in [2.24, 2.45) is 0 Å². The number of aliphatic hydroxyl groups excluding tert-OH is 1. The van der Waals surface area contributed by atoms with Gasteiger partial charge < -0.3 is 10.4 Å². The number of aliphatic hydroxyl groups is 1. The number of carbonyl (C=O) groups excluding carboxylic acids is 1. The molecule has 1 rings (SSSR count). The lowest BCUT2D eigenvalue weighted by atomic mass is 10.1. The first-order chi connectivity index (χ1) is 8.56. The maximum absolute atomic E-state index is 13.4. The fourth-order valence-electron chi connectivity index (χ4n) is 1.34. The summed E-state index contributed by atoms with van der Waals surface area (Å²) in [6, 6.07) is 2.86. The maximum atomic E-state index is 13.4. The Labute approximate surface area is 103 Å². The molecular formula is C11H13FN2O4. The zero-order valence-corrected chi connectivity index (χ0v) is 9.56. The molecule has 7 heteroatoms. The molecule has 1 amide bonds. The summed E-state index contributed by atoms with van der Waals surface area (Å²) < 4.78 is 13.4. The van der Waals surface area contributed by atoms with Crippen LogP contribution in [-0.4, -0.2) is 29.1 Å². The Hall–Kier alpha value is -2.02. The molecule has 1 aromatic carbocycles. The van der Waals surface area contributed by atoms with E-state index in [1.54, 1.807) is 0 Å². The number of amides is 1. The summed E-state index contributed by atoms with van der Waals surface area (Å²) in [4.78, 5) is 21.2. The van der Waals surface area contributed by atoms with E-state index in [2.05, 4.69) is 5.32 Å². The van der Waals surface area contributed by atoms with Crippen LogP contribution < -0.4 is 5.32 Å². The van der Waals surface area contributed by atoms with E-state index >= 15 is 0 Å². The van der Waals surface area contributed by atoms with Crippen molar-refractivity contribution in [1.82, 2.24) is 5.32 Å². The van der Waals surface area contributed by atoms with Crippen LogP contribution >= 0.6 is 0 Å². The summed E-state index contributed by atoms with van der Waals surface area (Å²) in [6.07, 6.45) is 1.12. The van der Waals surface area contributed by atoms with E-state index in [-0.39, 0.29) is 12.2 Å². The summed E-state index contributed by atoms with van der Waals surface area (Å²) in [5.41, 5.74) is -0.631. The smallest absolute Gasteiger partial charge is 0.272 e. The molecule has 0 aliphatic carbocycles. The van der Waals surface area contributed by atoms with Crippen molar-refractivity contribution < 1.29 is 19.2 Å². The molecule has 1 aromatic rings. The molecule has 0 saturated heterocycles. The highest BCUT2D eigenvalue weighted by Crippen LogP contribution is 2.16. The minimum atomic E-state index is -0.927. The van der Waals surface area contributed by atoms with Crippen LogP contribution in [0.3, 0.4) is 0 Å². The normalized spacial score (nSPS) is 10.1. The number of halogens is 1. The lowest BCUT2D eigenvalue weighted by molar-refractivity contribution is -0.385. The minimum absolute atomic E-state index is 0.0295. The van der Waals surface area contributed by atoms with Gasteiger partial charge in [-0.2, -0.15) is 0 Å². The van der Waals surface area contributed by atoms with E-state index in [1.165, 1.54) is 0 Å². The number of nitro benzene ring substituents is 1. The SMILES string of the molecule is O=C(NCCCCO)c1ccc([N+](=O)[O-])cc1F. The minimum Gasteiger partial charge on any atom is -0.396 e. The van der Waals surface area contributed by atoms with Crippen LogP contribution in [-0.2, 0) is 0 Å². The van der Waals surface area contributed by atoms with Gasteiger partial charge in [0, 0.05) is 19.2 Å². The molecule has 98 valence electrons. The monoisotopic (exact) mass is 256 g/mol. The first-order valence-electron chi connectivity index (χ1n) is 5.39. The molecule has 0 bridgehead atoms. The molecule has 0 aliphatic heterocycles. The number of hydrogen-bond donors (Lipinski definition) is 2. The first-order valence-corrected chi connectivity index (χ1v) is 5.39. The zero-order valence-electron chi connectivity index (χ0n) is 9.56. The summed E-state index contributed by atoms with van der Waals surface area (Å²) in [5, 5.41) is 21.4. The average molecular weight is 256 g/mol. The van der Waals surface area contributed by atoms with Gasteiger partial charge in [0.25, 0.3) is 11.6 Å². The number of carbonyl (C=O) groups is 1. The van der Waals surface area contributed by atoms with E-state index in [4.69, 9.17) is 5.11 Å². The third kappa shape index (κ3) is 3.77. The average Bonchev–Trinajstić information content (AvgIpc) is 2.34. The Morgan fingerprint density at radius 1 is 1.44 bits per heavy atom. The van der Waals surface area contributed by atoms with Crippen LogP contribution in [0.4, 0.5) is 10.1 Å². The van der Waals surface area contributed by atoms with Gasteiger partial charge in [0.1, 0.15) is 5.82 Å². The molecule has 0 aliphatic rings. The van der Waals surface area contributed by atoms with Crippen molar-refractivity contribution in [3.8, 4) is 0 Å². The molecule has 0 spiro atoms. The highest BCUT2D eigenvalue weighted by Gasteiger charge is 2.15. The van der Waals surface area contributed by atoms with Gasteiger partial charge in [0.05, 0.1) is 16.6 Å². The van der Waals surface area contributed by atoms with E-state index in [9.17, 15) is 19.3 Å². The standard InChI is InChI=1S/C11H13FN2O4/c12-10-7-8(14(17)18)3-4-9(10)11(16)13-5-1-2-6-15/h3-4,7,15H,1-2,5-6H2,(H,13,16). The Balaban J connectivity index is 2.66. The van der Waals surface area contributed by atoms with Gasteiger partial charge in [-0.15, -0.1) is 0 Å². The summed E-state index contributed by atoms with van der Waals surface area (Å²) in [6.45, 7) is 0.345. The molecule has 0 radical (unpaired) electrons. The van der Waals surface area contributed by atoms with Crippen LogP contribution in [0.25, 0.3) is 0 Å². The van der Waals surface area contributed by atoms with Crippen LogP contribution in [0.1, 0.15) is 23.2 Å². The fraction of sp³-hybridized carbons (Fsp3) is 0.364. The Morgan fingerprint density at radius 2 is 2.17 bits per heavy atom. The Morgan fingerprint density at radius 3 is 2.72 bits per heavy atom. The van der Waals surface area contributed by atoms with Gasteiger partial charge in [0.15, 0.2) is 0 Å². The van der Waals surface area contributed by atoms with Crippen molar-refractivity contribution in [3.63, 3.8) is 0 Å². The van der Waals surface area contributed by atoms with E-state index in [0.29, 0.717) is 25.5 Å². The largest absolute Gasteiger partial charge is 0.396 e. The van der Waals surface area contributed by atoms with Gasteiger partial charge in [-0.1, -0.05) is 0 Å². The molecule has 0 atom stereocenters. The number of non-ortho nitro benzene ring substituents is 1. The van der Waals surface area contributed by atoms with Crippen molar-refractivity contribution in [2.45, 2.75) is 12.8 Å². The molecule has 0 fully saturated rings. The van der Waals surface area contributed by atoms with Gasteiger partial charge >= 0.3 is 0 Å². The van der Waals surface area contributed by atoms with E-state index < -0.39 is 22.3 Å². The van der Waals surface area contributed by atoms with Crippen LogP contribution in [0.5, 0.6) is 0 Å². The highest BCUT2D eigenvalue weighted by atomic mass is 19.1. The Kier molecular flexibility index (Phi) is 5.19. The number of nitro groups is 1. The van der Waals surface area contributed by atoms with Crippen molar-refractivity contribution >= 4 is 11.6 Å². The van der Waals surface area contributed by atoms with Crippen molar-refractivity contribution in [1.29, 1.82) is 0 Å². The summed E-state index contributed by atoms with van der Waals surface area (Å²) >= 11 is 0. The number of unbranched alkanes of at least 4 members (excludes halogenated alkanes) is 1. The molecule has 6 nitrogen and oxygen atoms in total. The lowest BCUT2D eigenvalue weighted by Crippen LogP contribution is -2.25. The second kappa shape index (κ2) is 6.65. The number of rotatable bonds is 6. The predicted octanol–water partition coefficient (Wildman–Crippen LogP) is 1.24. The molecule has 18 heavy (non-hydrogen) atoms. The first kappa shape index (κ1) is 14.0. The number of nitrogens with one attached hydrogen (secondary N) is 1. The van der Waals surface area contributed by atoms with Gasteiger partial charge in [-0.3, -0.25) is 14.9 Å². The summed E-state index contributed by atoms with van der Waals surface area (Å²) in [7, 11) is 0. The van der Waals surface area contributed by atoms with Gasteiger partial charge in [0.2, 0.25) is 0 Å². The summed E-state index contributed by atoms with van der Waals surface area (Å²) in [5.74, 6) is -1.55. The van der Waals surface area contributed by atoms with Crippen LogP contribution in [0.15, 0.2) is 18.2 Å². The maximum Gasteiger partial charge on any atom is 0.272 e. The molecule has 2 N–H and O–H groups in total. The number of hydrogen-bond acceptors (Lipinski definition) is 4. The van der Waals surface area contributed by atoms with Crippen LogP contribution in [0, 0.1) is 15.9 Å². The molecular weight excluding hydrogens is 243 g/mol. The second-order valence-corrected chi connectivity index (χ2v) is 3.61. The fourth-order valence-corrected chi connectivity index (χ4v) is 1.34. The topological polar surface area (TPSA) is 92.5 Å². The zero-order chi connectivity index (χ0) is 13.5. The molecule has 0 aromatic heterocycles. The van der Waals surface area contributed by atoms with Crippen LogP contribution in [0.2, 0.25) is 0 Å². The lowest BCUT2D eigenvalue weighted by Gasteiger charge is -2.05. The van der Waals surface area contributed by atoms with Gasteiger partial charge in [-0.25, -0.2) is 4.39 Å². The Bertz CT molecular complexity index is 451. The third-order valence-corrected chi connectivity index (χ3v) is 2.28.